The Kier molecular flexibility index (Phi) is 20.5. The molecule has 9 aromatic heterocycles. The molecule has 6 aliphatic rings. The minimum atomic E-state index is -0.469. The van der Waals surface area contributed by atoms with E-state index in [1.54, 1.807) is 49.6 Å². The number of carbonyl (C=O) groups excluding carboxylic acids is 2. The third-order valence-corrected chi connectivity index (χ3v) is 21.4. The first-order valence-corrected chi connectivity index (χ1v) is 34.2. The van der Waals surface area contributed by atoms with Gasteiger partial charge in [0.05, 0.1) is 60.2 Å². The van der Waals surface area contributed by atoms with Crippen LogP contribution in [-0.2, 0) is 0 Å². The number of hydrogen-bond acceptors (Lipinski definition) is 10. The molecule has 1 atom stereocenters. The van der Waals surface area contributed by atoms with Gasteiger partial charge in [0.15, 0.2) is 12.1 Å². The van der Waals surface area contributed by atoms with Crippen LogP contribution in [0, 0.1) is 29.3 Å². The van der Waals surface area contributed by atoms with Crippen molar-refractivity contribution in [3.63, 3.8) is 0 Å². The Hall–Kier alpha value is -8.22. The Morgan fingerprint density at radius 2 is 0.897 bits per heavy atom. The van der Waals surface area contributed by atoms with Crippen molar-refractivity contribution >= 4 is 75.5 Å². The van der Waals surface area contributed by atoms with Crippen LogP contribution in [0.3, 0.4) is 0 Å². The summed E-state index contributed by atoms with van der Waals surface area (Å²) in [6.07, 6.45) is 41.3. The molecule has 12 aromatic rings. The Bertz CT molecular complexity index is 4870. The molecular formula is C79H78BF3N10NaO3. The second-order valence-corrected chi connectivity index (χ2v) is 27.2. The van der Waals surface area contributed by atoms with E-state index < -0.39 is 6.10 Å². The zero-order valence-corrected chi connectivity index (χ0v) is 57.0. The number of ketones is 1. The van der Waals surface area contributed by atoms with E-state index in [0.717, 1.165) is 138 Å². The molecule has 0 amide bonds. The molecule has 0 bridgehead atoms. The molecule has 0 saturated heterocycles. The Morgan fingerprint density at radius 1 is 0.505 bits per heavy atom. The number of Topliss-reactive ketones (excluding diaryl/α,β-unsaturated/α-hetero) is 1. The average Bonchev–Trinajstić information content (AvgIpc) is 1.63. The minimum absolute atomic E-state index is 0. The van der Waals surface area contributed by atoms with Gasteiger partial charge in [-0.3, -0.25) is 29.5 Å². The second-order valence-electron chi connectivity index (χ2n) is 27.2. The molecule has 18 rings (SSSR count). The topological polar surface area (TPSA) is 157 Å². The molecule has 18 heteroatoms. The number of rotatable bonds is 11. The number of fused-ring (bicyclic) bond motifs is 6. The molecule has 487 valence electrons. The number of aliphatic hydroxyl groups excluding tert-OH is 1. The minimum Gasteiger partial charge on any atom is -1.00 e. The monoisotopic (exact) mass is 1310 g/mol. The van der Waals surface area contributed by atoms with Gasteiger partial charge >= 0.3 is 29.6 Å². The van der Waals surface area contributed by atoms with Crippen LogP contribution < -0.4 is 29.6 Å². The number of pyridine rings is 6. The van der Waals surface area contributed by atoms with E-state index >= 15 is 0 Å². The number of hydrogen-bond donors (Lipinski definition) is 1. The summed E-state index contributed by atoms with van der Waals surface area (Å²) in [6, 6.07) is 28.3. The molecule has 6 aliphatic carbocycles. The van der Waals surface area contributed by atoms with Crippen LogP contribution in [0.4, 0.5) is 13.2 Å². The van der Waals surface area contributed by atoms with Crippen molar-refractivity contribution in [3.8, 4) is 0 Å². The zero-order valence-electron chi connectivity index (χ0n) is 56.0. The number of benzene rings is 3. The average molecular weight is 1310 g/mol. The van der Waals surface area contributed by atoms with Gasteiger partial charge in [0, 0.05) is 97.1 Å². The molecular weight excluding hydrogens is 1230 g/mol. The Balaban J connectivity index is 0.000000128. The molecule has 6 saturated carbocycles. The van der Waals surface area contributed by atoms with Crippen molar-refractivity contribution in [1.82, 2.24) is 43.1 Å². The summed E-state index contributed by atoms with van der Waals surface area (Å²) in [7, 11) is 1.87. The summed E-state index contributed by atoms with van der Waals surface area (Å²) in [5, 5.41) is 14.3. The van der Waals surface area contributed by atoms with E-state index in [2.05, 4.69) is 53.2 Å². The van der Waals surface area contributed by atoms with Crippen molar-refractivity contribution in [2.45, 2.75) is 157 Å². The van der Waals surface area contributed by atoms with E-state index in [1.165, 1.54) is 78.1 Å². The number of halogens is 3. The fourth-order valence-corrected chi connectivity index (χ4v) is 15.9. The molecule has 9 heterocycles. The van der Waals surface area contributed by atoms with E-state index in [1.807, 2.05) is 112 Å². The second kappa shape index (κ2) is 29.5. The maximum absolute atomic E-state index is 14.2. The summed E-state index contributed by atoms with van der Waals surface area (Å²) in [5.41, 5.74) is 15.7. The number of aromatic nitrogens is 9. The molecule has 1 unspecified atom stereocenters. The summed E-state index contributed by atoms with van der Waals surface area (Å²) < 4.78 is 48.0. The van der Waals surface area contributed by atoms with E-state index in [-0.39, 0.29) is 74.5 Å². The first-order valence-electron chi connectivity index (χ1n) is 34.2. The molecule has 3 radical (unpaired) electrons. The predicted molar refractivity (Wildman–Crippen MR) is 372 cm³/mol. The summed E-state index contributed by atoms with van der Waals surface area (Å²) >= 11 is 0. The van der Waals surface area contributed by atoms with Crippen LogP contribution in [0.15, 0.2) is 171 Å². The summed E-state index contributed by atoms with van der Waals surface area (Å²) in [6.45, 7) is 0. The number of carbonyl (C=O) groups is 2. The van der Waals surface area contributed by atoms with Gasteiger partial charge in [0.2, 0.25) is 0 Å². The van der Waals surface area contributed by atoms with E-state index in [4.69, 9.17) is 0 Å². The first-order chi connectivity index (χ1) is 46.6. The predicted octanol–water partition coefficient (Wildman–Crippen LogP) is 14.8. The van der Waals surface area contributed by atoms with Crippen molar-refractivity contribution in [3.05, 3.63) is 233 Å². The molecule has 97 heavy (non-hydrogen) atoms. The van der Waals surface area contributed by atoms with Crippen LogP contribution in [0.2, 0.25) is 0 Å². The van der Waals surface area contributed by atoms with Crippen molar-refractivity contribution in [2.75, 3.05) is 7.05 Å². The van der Waals surface area contributed by atoms with Crippen LogP contribution in [-0.4, -0.2) is 81.5 Å². The van der Waals surface area contributed by atoms with Gasteiger partial charge in [-0.2, -0.15) is 0 Å². The first kappa shape index (κ1) is 67.4. The number of aldehydes is 1. The van der Waals surface area contributed by atoms with Gasteiger partial charge in [-0.25, -0.2) is 28.1 Å². The molecule has 1 N–H and O–H groups in total. The number of nitrogens with zero attached hydrogens (tertiary/aromatic N) is 10. The Morgan fingerprint density at radius 3 is 1.38 bits per heavy atom. The number of aliphatic hydroxyl groups is 1. The van der Waals surface area contributed by atoms with Crippen LogP contribution in [0.5, 0.6) is 0 Å². The van der Waals surface area contributed by atoms with E-state index in [0.29, 0.717) is 52.1 Å². The summed E-state index contributed by atoms with van der Waals surface area (Å²) in [5.74, 6) is 2.71. The maximum atomic E-state index is 14.2. The molecule has 0 spiro atoms. The van der Waals surface area contributed by atoms with Crippen molar-refractivity contribution < 1.29 is 58.9 Å². The van der Waals surface area contributed by atoms with Gasteiger partial charge in [0.25, 0.3) is 0 Å². The zero-order chi connectivity index (χ0) is 64.7. The van der Waals surface area contributed by atoms with Crippen molar-refractivity contribution in [1.29, 1.82) is 0 Å². The molecule has 3 aromatic carbocycles. The SMILES string of the molecule is CN=C1CCC(c2ccc(F)c3ncccc23)CC1.O=C(c1c(C2CC2)ccn2cncc12)C1CCC(c2ccc(F)c3ncccc23)CC1.O=Cc1c(C2CC2)ccn2cncc12.OC(c1c(C2CC2)ccn2cncc12)C1CCC(c2ccc(F)c3ncccc23)CC1.[B].[H-].[Na+]. The number of aliphatic imine (C=N–C) groups is 1. The van der Waals surface area contributed by atoms with Gasteiger partial charge in [-0.1, -0.05) is 36.4 Å². The van der Waals surface area contributed by atoms with Crippen LogP contribution in [0.25, 0.3) is 49.3 Å². The molecule has 0 aliphatic heterocycles. The van der Waals surface area contributed by atoms with Gasteiger partial charge in [0.1, 0.15) is 34.0 Å². The third kappa shape index (κ3) is 13.9. The maximum Gasteiger partial charge on any atom is 1.00 e. The normalized spacial score (nSPS) is 20.3. The van der Waals surface area contributed by atoms with E-state index in [9.17, 15) is 27.9 Å². The number of imidazole rings is 3. The van der Waals surface area contributed by atoms with Crippen molar-refractivity contribution in [2.24, 2.45) is 16.8 Å². The smallest absolute Gasteiger partial charge is 1.00 e. The largest absolute Gasteiger partial charge is 1.00 e. The fourth-order valence-electron chi connectivity index (χ4n) is 15.9. The van der Waals surface area contributed by atoms with Gasteiger partial charge < -0.3 is 19.7 Å². The van der Waals surface area contributed by atoms with Gasteiger partial charge in [-0.15, -0.1) is 0 Å². The van der Waals surface area contributed by atoms with Crippen LogP contribution in [0.1, 0.15) is 218 Å². The quantitative estimate of drug-likeness (QED) is 0.0756. The van der Waals surface area contributed by atoms with Crippen LogP contribution >= 0.6 is 0 Å². The van der Waals surface area contributed by atoms with Gasteiger partial charge in [-0.05, 0) is 245 Å². The fraction of sp³-hybridized carbons (Fsp3) is 0.354. The summed E-state index contributed by atoms with van der Waals surface area (Å²) in [4.78, 5) is 54.3. The standard InChI is InChI=1S/C26H26FN3O.C26H24FN3O.C16H17FN2.C11H10N2O.B.Na.H/c2*27-22-10-9-19(21-2-1-12-29-25(21)22)16-5-7-18(8-6-16)26(31)24-20(17-3-4-17)11-13-30-15-28-14-23(24)30;1-18-12-6-4-11(5-7-12)13-8-9-15(17)16-14(13)3-2-10-19-16;14-6-10-9(8-1-2-8)3-4-13-7-12-5-11(10)13;;;/h1-2,9-18,26,31H,3-8H2;1-2,9-18H,3-8H2;2-3,8-11H,4-7H2,1H3;3-8H,1-2H2;;;/q;;;;;+1;-1. The Labute approximate surface area is 587 Å². The third-order valence-electron chi connectivity index (χ3n) is 21.4. The molecule has 13 nitrogen and oxygen atoms in total. The molecule has 6 fully saturated rings.